The summed E-state index contributed by atoms with van der Waals surface area (Å²) in [5.41, 5.74) is 3.70. The predicted molar refractivity (Wildman–Crippen MR) is 123 cm³/mol. The Balaban J connectivity index is 1.34. The van der Waals surface area contributed by atoms with Crippen molar-refractivity contribution in [1.82, 2.24) is 19.4 Å². The average molecular weight is 427 g/mol. The predicted octanol–water partition coefficient (Wildman–Crippen LogP) is 4.44. The van der Waals surface area contributed by atoms with Crippen LogP contribution in [-0.2, 0) is 11.3 Å². The monoisotopic (exact) mass is 426 g/mol. The second kappa shape index (κ2) is 9.56. The molecule has 1 atom stereocenters. The number of aromatic nitrogens is 2. The van der Waals surface area contributed by atoms with E-state index in [1.165, 1.54) is 36.9 Å². The first kappa shape index (κ1) is 21.4. The van der Waals surface area contributed by atoms with Crippen LogP contribution in [0.15, 0.2) is 35.5 Å². The van der Waals surface area contributed by atoms with Gasteiger partial charge in [-0.15, -0.1) is 0 Å². The smallest absolute Gasteiger partial charge is 0.235 e. The molecule has 162 valence electrons. The number of benzene rings is 1. The van der Waals surface area contributed by atoms with Crippen molar-refractivity contribution in [3.05, 3.63) is 47.3 Å². The molecule has 2 heterocycles. The zero-order chi connectivity index (χ0) is 21.1. The van der Waals surface area contributed by atoms with Crippen LogP contribution in [0.1, 0.15) is 55.6 Å². The lowest BCUT2D eigenvalue weighted by molar-refractivity contribution is -0.132. The fourth-order valence-corrected chi connectivity index (χ4v) is 5.86. The van der Waals surface area contributed by atoms with Crippen LogP contribution in [-0.4, -0.2) is 56.7 Å². The number of hydrogen-bond acceptors (Lipinski definition) is 4. The summed E-state index contributed by atoms with van der Waals surface area (Å²) >= 11 is 1.64. The zero-order valence-corrected chi connectivity index (χ0v) is 19.3. The second-order valence-electron chi connectivity index (χ2n) is 8.72. The largest absolute Gasteiger partial charge is 0.339 e. The van der Waals surface area contributed by atoms with Crippen molar-refractivity contribution in [2.75, 3.05) is 26.2 Å². The Kier molecular flexibility index (Phi) is 6.84. The summed E-state index contributed by atoms with van der Waals surface area (Å²) in [7, 11) is 0. The summed E-state index contributed by atoms with van der Waals surface area (Å²) in [6.45, 7) is 10.8. The first-order valence-electron chi connectivity index (χ1n) is 11.3. The molecule has 1 aromatic heterocycles. The number of aryl methyl sites for hydroxylation is 1. The number of carbonyl (C=O) groups excluding carboxylic acids is 1. The Hall–Kier alpha value is -1.79. The molecule has 1 unspecified atom stereocenters. The van der Waals surface area contributed by atoms with Gasteiger partial charge in [-0.3, -0.25) is 9.69 Å². The van der Waals surface area contributed by atoms with E-state index in [0.29, 0.717) is 6.04 Å². The van der Waals surface area contributed by atoms with Gasteiger partial charge < -0.3 is 9.47 Å². The van der Waals surface area contributed by atoms with Crippen molar-refractivity contribution in [3.8, 4) is 0 Å². The van der Waals surface area contributed by atoms with Gasteiger partial charge in [0, 0.05) is 44.5 Å². The molecule has 1 saturated carbocycles. The van der Waals surface area contributed by atoms with Gasteiger partial charge in [-0.05, 0) is 39.2 Å². The minimum atomic E-state index is -0.105. The number of hydrogen-bond donors (Lipinski definition) is 0. The number of imidazole rings is 1. The molecule has 30 heavy (non-hydrogen) atoms. The van der Waals surface area contributed by atoms with E-state index in [-0.39, 0.29) is 11.2 Å². The molecule has 1 amide bonds. The summed E-state index contributed by atoms with van der Waals surface area (Å²) < 4.78 is 2.41. The number of nitrogens with zero attached hydrogens (tertiary/aromatic N) is 4. The molecule has 0 N–H and O–H groups in total. The lowest BCUT2D eigenvalue weighted by atomic mass is 10.2. The Morgan fingerprint density at radius 1 is 1.10 bits per heavy atom. The van der Waals surface area contributed by atoms with Crippen LogP contribution in [0.2, 0.25) is 0 Å². The Labute approximate surface area is 184 Å². The highest BCUT2D eigenvalue weighted by atomic mass is 32.2. The highest BCUT2D eigenvalue weighted by Gasteiger charge is 2.29. The molecule has 0 spiro atoms. The molecule has 1 saturated heterocycles. The molecule has 1 aliphatic heterocycles. The quantitative estimate of drug-likeness (QED) is 0.641. The third kappa shape index (κ3) is 4.75. The molecule has 0 bridgehead atoms. The van der Waals surface area contributed by atoms with Crippen molar-refractivity contribution in [2.45, 2.75) is 69.4 Å². The van der Waals surface area contributed by atoms with E-state index in [1.807, 2.05) is 11.8 Å². The normalized spacial score (nSPS) is 19.4. The van der Waals surface area contributed by atoms with E-state index in [9.17, 15) is 4.79 Å². The Morgan fingerprint density at radius 3 is 2.43 bits per heavy atom. The van der Waals surface area contributed by atoms with Gasteiger partial charge in [0.15, 0.2) is 5.16 Å². The maximum Gasteiger partial charge on any atom is 0.235 e. The molecule has 4 rings (SSSR count). The lowest BCUT2D eigenvalue weighted by Crippen LogP contribution is -2.50. The molecule has 2 aromatic rings. The van der Waals surface area contributed by atoms with Crippen molar-refractivity contribution in [3.63, 3.8) is 0 Å². The van der Waals surface area contributed by atoms with Crippen LogP contribution in [0.4, 0.5) is 0 Å². The van der Waals surface area contributed by atoms with Gasteiger partial charge in [-0.2, -0.15) is 0 Å². The molecular formula is C24H34N4OS. The van der Waals surface area contributed by atoms with Crippen LogP contribution < -0.4 is 0 Å². The van der Waals surface area contributed by atoms with Gasteiger partial charge >= 0.3 is 0 Å². The molecular weight excluding hydrogens is 392 g/mol. The third-order valence-corrected chi connectivity index (χ3v) is 7.66. The van der Waals surface area contributed by atoms with Crippen molar-refractivity contribution in [1.29, 1.82) is 0 Å². The Morgan fingerprint density at radius 2 is 1.77 bits per heavy atom. The highest BCUT2D eigenvalue weighted by Crippen LogP contribution is 2.36. The maximum absolute atomic E-state index is 13.1. The van der Waals surface area contributed by atoms with Crippen LogP contribution in [0.3, 0.4) is 0 Å². The van der Waals surface area contributed by atoms with Gasteiger partial charge in [0.1, 0.15) is 0 Å². The topological polar surface area (TPSA) is 41.4 Å². The maximum atomic E-state index is 13.1. The molecule has 1 aliphatic carbocycles. The second-order valence-corrected chi connectivity index (χ2v) is 10.0. The number of carbonyl (C=O) groups is 1. The molecule has 2 aliphatic rings. The first-order chi connectivity index (χ1) is 14.5. The fourth-order valence-electron chi connectivity index (χ4n) is 4.71. The summed E-state index contributed by atoms with van der Waals surface area (Å²) in [4.78, 5) is 22.5. The van der Waals surface area contributed by atoms with E-state index in [2.05, 4.69) is 53.6 Å². The van der Waals surface area contributed by atoms with E-state index < -0.39 is 0 Å². The van der Waals surface area contributed by atoms with E-state index in [4.69, 9.17) is 4.98 Å². The van der Waals surface area contributed by atoms with Gasteiger partial charge in [0.05, 0.1) is 10.9 Å². The lowest BCUT2D eigenvalue weighted by Gasteiger charge is -2.36. The molecule has 5 nitrogen and oxygen atoms in total. The van der Waals surface area contributed by atoms with Crippen LogP contribution in [0.5, 0.6) is 0 Å². The number of piperazine rings is 1. The number of rotatable bonds is 6. The van der Waals surface area contributed by atoms with E-state index in [1.54, 1.807) is 11.8 Å². The van der Waals surface area contributed by atoms with E-state index in [0.717, 1.165) is 43.6 Å². The minimum Gasteiger partial charge on any atom is -0.339 e. The van der Waals surface area contributed by atoms with Crippen molar-refractivity contribution < 1.29 is 4.79 Å². The zero-order valence-electron chi connectivity index (χ0n) is 18.5. The van der Waals surface area contributed by atoms with Gasteiger partial charge in [0.25, 0.3) is 0 Å². The highest BCUT2D eigenvalue weighted by molar-refractivity contribution is 8.00. The molecule has 6 heteroatoms. The summed E-state index contributed by atoms with van der Waals surface area (Å²) in [5.74, 6) is 0.246. The van der Waals surface area contributed by atoms with Crippen LogP contribution in [0.25, 0.3) is 0 Å². The van der Waals surface area contributed by atoms with Crippen molar-refractivity contribution >= 4 is 17.7 Å². The summed E-state index contributed by atoms with van der Waals surface area (Å²) in [5, 5.41) is 0.924. The summed E-state index contributed by atoms with van der Waals surface area (Å²) in [6, 6.07) is 11.1. The number of thioether (sulfide) groups is 1. The van der Waals surface area contributed by atoms with Gasteiger partial charge in [-0.25, -0.2) is 4.98 Å². The van der Waals surface area contributed by atoms with Crippen LogP contribution >= 0.6 is 11.8 Å². The van der Waals surface area contributed by atoms with Crippen molar-refractivity contribution in [2.24, 2.45) is 0 Å². The SMILES string of the molecule is Cc1nc(SC(C)C(=O)N2CCN(Cc3ccccc3)CC2)n(C2CCCC2)c1C. The van der Waals surface area contributed by atoms with Gasteiger partial charge in [-0.1, -0.05) is 54.9 Å². The standard InChI is InChI=1S/C24H34N4OS/c1-18-19(2)28(22-11-7-8-12-22)24(25-18)30-20(3)23(29)27-15-13-26(14-16-27)17-21-9-5-4-6-10-21/h4-6,9-10,20,22H,7-8,11-17H2,1-3H3. The van der Waals surface area contributed by atoms with Crippen LogP contribution in [0, 0.1) is 13.8 Å². The molecule has 0 radical (unpaired) electrons. The molecule has 1 aromatic carbocycles. The number of amides is 1. The average Bonchev–Trinajstić information content (AvgIpc) is 3.37. The third-order valence-electron chi connectivity index (χ3n) is 6.61. The van der Waals surface area contributed by atoms with Gasteiger partial charge in [0.2, 0.25) is 5.91 Å². The summed E-state index contributed by atoms with van der Waals surface area (Å²) in [6.07, 6.45) is 5.06. The molecule has 2 fully saturated rings. The van der Waals surface area contributed by atoms with E-state index >= 15 is 0 Å². The fraction of sp³-hybridized carbons (Fsp3) is 0.583. The first-order valence-corrected chi connectivity index (χ1v) is 12.2. The minimum absolute atomic E-state index is 0.105. The Bertz CT molecular complexity index is 852.